The topological polar surface area (TPSA) is 142 Å². The SMILES string of the molecule is COc1cc(Cn2ncc3c(-c4cccc(-c5cc(F)c(CNCC6CCC(=O)N6)c(OC)c5)c4Cl)cccc32)c(C#N)cc1CN(C)C1CC(C(=O)O)C1. The standard InChI is InChI=1S/C42H42ClFN6O5/c1-49(30-13-25(14-30)42(52)53)22-28-12-26(18-45)27(17-38(28)54-2)23-50-37-9-5-7-32(34(37)21-47-50)33-8-4-6-31(41(33)43)24-15-36(44)35(39(16-24)55-3)20-46-19-29-10-11-40(51)48-29/h4-9,12,15-17,21,25,29-30,46H,10-11,13-14,19-20,22-23H2,1-3H3,(H,48,51)(H,52,53). The minimum atomic E-state index is -0.758. The average molecular weight is 765 g/mol. The maximum atomic E-state index is 15.7. The lowest BCUT2D eigenvalue weighted by Crippen LogP contribution is -2.44. The molecule has 2 heterocycles. The second kappa shape index (κ2) is 16.1. The van der Waals surface area contributed by atoms with E-state index in [1.54, 1.807) is 19.4 Å². The van der Waals surface area contributed by atoms with E-state index in [1.807, 2.05) is 60.3 Å². The average Bonchev–Trinajstić information content (AvgIpc) is 3.77. The highest BCUT2D eigenvalue weighted by Crippen LogP contribution is 2.41. The number of nitrogens with zero attached hydrogens (tertiary/aromatic N) is 4. The van der Waals surface area contributed by atoms with Crippen LogP contribution in [0.2, 0.25) is 5.02 Å². The van der Waals surface area contributed by atoms with Crippen LogP contribution >= 0.6 is 11.6 Å². The number of carboxylic acids is 1. The van der Waals surface area contributed by atoms with Crippen molar-refractivity contribution in [2.75, 3.05) is 27.8 Å². The number of amides is 1. The maximum Gasteiger partial charge on any atom is 0.306 e. The number of carboxylic acid groups (broad SMARTS) is 1. The lowest BCUT2D eigenvalue weighted by molar-refractivity contribution is -0.146. The number of benzene rings is 4. The highest BCUT2D eigenvalue weighted by molar-refractivity contribution is 6.36. The summed E-state index contributed by atoms with van der Waals surface area (Å²) >= 11 is 7.13. The normalized spacial score (nSPS) is 17.9. The van der Waals surface area contributed by atoms with Gasteiger partial charge < -0.3 is 25.2 Å². The summed E-state index contributed by atoms with van der Waals surface area (Å²) in [7, 11) is 5.07. The molecule has 1 aliphatic carbocycles. The molecule has 1 saturated carbocycles. The van der Waals surface area contributed by atoms with Crippen LogP contribution in [0.15, 0.2) is 66.9 Å². The van der Waals surface area contributed by atoms with Gasteiger partial charge in [-0.15, -0.1) is 0 Å². The lowest BCUT2D eigenvalue weighted by atomic mass is 9.79. The van der Waals surface area contributed by atoms with E-state index in [2.05, 4.69) is 21.6 Å². The van der Waals surface area contributed by atoms with Crippen LogP contribution in [0.5, 0.6) is 11.5 Å². The molecule has 1 amide bonds. The van der Waals surface area contributed by atoms with Gasteiger partial charge in [-0.1, -0.05) is 41.9 Å². The summed E-state index contributed by atoms with van der Waals surface area (Å²) in [6.07, 6.45) is 4.24. The van der Waals surface area contributed by atoms with Gasteiger partial charge in [0.25, 0.3) is 0 Å². The summed E-state index contributed by atoms with van der Waals surface area (Å²) in [5.41, 5.74) is 6.14. The van der Waals surface area contributed by atoms with Crippen LogP contribution in [-0.4, -0.2) is 71.6 Å². The Morgan fingerprint density at radius 3 is 2.55 bits per heavy atom. The molecule has 0 radical (unpaired) electrons. The molecule has 0 bridgehead atoms. The number of aliphatic carboxylic acids is 1. The molecule has 55 heavy (non-hydrogen) atoms. The summed E-state index contributed by atoms with van der Waals surface area (Å²) in [6, 6.07) is 21.0. The number of aromatic nitrogens is 2. The summed E-state index contributed by atoms with van der Waals surface area (Å²) < 4.78 is 28.9. The molecule has 3 N–H and O–H groups in total. The zero-order valence-electron chi connectivity index (χ0n) is 30.9. The zero-order valence-corrected chi connectivity index (χ0v) is 31.6. The highest BCUT2D eigenvalue weighted by atomic mass is 35.5. The molecule has 4 aromatic carbocycles. The first-order valence-electron chi connectivity index (χ1n) is 18.2. The van der Waals surface area contributed by atoms with Crippen LogP contribution in [0.25, 0.3) is 33.2 Å². The molecular weight excluding hydrogens is 723 g/mol. The van der Waals surface area contributed by atoms with Crippen molar-refractivity contribution in [2.45, 2.75) is 57.4 Å². The molecule has 1 aromatic heterocycles. The molecule has 11 nitrogen and oxygen atoms in total. The Labute approximate surface area is 323 Å². The van der Waals surface area contributed by atoms with E-state index in [9.17, 15) is 20.0 Å². The van der Waals surface area contributed by atoms with Crippen LogP contribution < -0.4 is 20.1 Å². The molecule has 2 fully saturated rings. The van der Waals surface area contributed by atoms with Gasteiger partial charge in [0.05, 0.1) is 55.1 Å². The first-order valence-corrected chi connectivity index (χ1v) is 18.6. The third kappa shape index (κ3) is 7.73. The number of carbonyl (C=O) groups excluding carboxylic acids is 1. The Hall–Kier alpha value is -5.48. The van der Waals surface area contributed by atoms with Gasteiger partial charge in [-0.3, -0.25) is 19.2 Å². The van der Waals surface area contributed by atoms with E-state index < -0.39 is 11.8 Å². The van der Waals surface area contributed by atoms with Crippen LogP contribution in [-0.2, 0) is 29.2 Å². The molecule has 1 atom stereocenters. The first-order chi connectivity index (χ1) is 26.6. The molecule has 1 unspecified atom stereocenters. The zero-order chi connectivity index (χ0) is 38.8. The van der Waals surface area contributed by atoms with Gasteiger partial charge in [0.1, 0.15) is 17.3 Å². The van der Waals surface area contributed by atoms with Crippen LogP contribution in [0.4, 0.5) is 4.39 Å². The third-order valence-corrected chi connectivity index (χ3v) is 11.3. The van der Waals surface area contributed by atoms with Crippen molar-refractivity contribution in [1.82, 2.24) is 25.3 Å². The number of ether oxygens (including phenoxy) is 2. The number of methoxy groups -OCH3 is 2. The van der Waals surface area contributed by atoms with Crippen molar-refractivity contribution in [1.29, 1.82) is 5.26 Å². The number of halogens is 2. The summed E-state index contributed by atoms with van der Waals surface area (Å²) in [5, 5.41) is 31.6. The van der Waals surface area contributed by atoms with Crippen molar-refractivity contribution < 1.29 is 28.6 Å². The molecular formula is C42H42ClFN6O5. The predicted octanol–water partition coefficient (Wildman–Crippen LogP) is 6.76. The van der Waals surface area contributed by atoms with Crippen LogP contribution in [0.1, 0.15) is 47.9 Å². The number of hydrogen-bond donors (Lipinski definition) is 3. The van der Waals surface area contributed by atoms with E-state index in [0.29, 0.717) is 77.7 Å². The minimum Gasteiger partial charge on any atom is -0.496 e. The van der Waals surface area contributed by atoms with E-state index in [-0.39, 0.29) is 30.5 Å². The molecule has 284 valence electrons. The van der Waals surface area contributed by atoms with Gasteiger partial charge >= 0.3 is 5.97 Å². The monoisotopic (exact) mass is 764 g/mol. The second-order valence-corrected chi connectivity index (χ2v) is 14.7. The van der Waals surface area contributed by atoms with Crippen LogP contribution in [0, 0.1) is 23.1 Å². The Kier molecular flexibility index (Phi) is 11.1. The summed E-state index contributed by atoms with van der Waals surface area (Å²) in [6.45, 7) is 1.60. The Bertz CT molecular complexity index is 2320. The quantitative estimate of drug-likeness (QED) is 0.112. The fourth-order valence-corrected chi connectivity index (χ4v) is 8.01. The molecule has 5 aromatic rings. The second-order valence-electron chi connectivity index (χ2n) is 14.3. The van der Waals surface area contributed by atoms with Gasteiger partial charge in [-0.05, 0) is 73.3 Å². The summed E-state index contributed by atoms with van der Waals surface area (Å²) in [5.74, 6) is -0.426. The maximum absolute atomic E-state index is 15.7. The molecule has 2 aliphatic rings. The van der Waals surface area contributed by atoms with Crippen molar-refractivity contribution in [3.05, 3.63) is 100.0 Å². The van der Waals surface area contributed by atoms with E-state index in [1.165, 1.54) is 13.2 Å². The Morgan fingerprint density at radius 2 is 1.84 bits per heavy atom. The summed E-state index contributed by atoms with van der Waals surface area (Å²) in [4.78, 5) is 25.0. The molecule has 7 rings (SSSR count). The van der Waals surface area contributed by atoms with Gasteiger partial charge in [-0.2, -0.15) is 10.4 Å². The van der Waals surface area contributed by atoms with E-state index in [4.69, 9.17) is 26.2 Å². The third-order valence-electron chi connectivity index (χ3n) is 10.9. The number of nitriles is 1. The smallest absolute Gasteiger partial charge is 0.306 e. The predicted molar refractivity (Wildman–Crippen MR) is 207 cm³/mol. The lowest BCUT2D eigenvalue weighted by Gasteiger charge is -2.39. The largest absolute Gasteiger partial charge is 0.496 e. The van der Waals surface area contributed by atoms with Gasteiger partial charge in [0, 0.05) is 65.8 Å². The van der Waals surface area contributed by atoms with Crippen molar-refractivity contribution >= 4 is 34.4 Å². The van der Waals surface area contributed by atoms with E-state index >= 15 is 4.39 Å². The van der Waals surface area contributed by atoms with Gasteiger partial charge in [-0.25, -0.2) is 4.39 Å². The van der Waals surface area contributed by atoms with Crippen LogP contribution in [0.3, 0.4) is 0 Å². The molecule has 1 aliphatic heterocycles. The fraction of sp³-hybridized carbons (Fsp3) is 0.333. The number of rotatable bonds is 14. The number of nitrogens with one attached hydrogen (secondary N) is 2. The highest BCUT2D eigenvalue weighted by Gasteiger charge is 2.37. The fourth-order valence-electron chi connectivity index (χ4n) is 7.67. The number of fused-ring (bicyclic) bond motifs is 1. The number of carbonyl (C=O) groups is 2. The first kappa shape index (κ1) is 37.8. The molecule has 13 heteroatoms. The Balaban J connectivity index is 1.13. The van der Waals surface area contributed by atoms with Crippen molar-refractivity contribution in [3.8, 4) is 39.8 Å². The van der Waals surface area contributed by atoms with Gasteiger partial charge in [0.2, 0.25) is 5.91 Å². The minimum absolute atomic E-state index is 0.0250. The van der Waals surface area contributed by atoms with Crippen molar-refractivity contribution in [3.63, 3.8) is 0 Å². The number of hydrogen-bond acceptors (Lipinski definition) is 8. The van der Waals surface area contributed by atoms with Gasteiger partial charge in [0.15, 0.2) is 0 Å². The molecule has 1 saturated heterocycles. The van der Waals surface area contributed by atoms with E-state index in [0.717, 1.165) is 39.6 Å². The van der Waals surface area contributed by atoms with Crippen molar-refractivity contribution in [2.24, 2.45) is 5.92 Å². The Morgan fingerprint density at radius 1 is 1.09 bits per heavy atom. The molecule has 0 spiro atoms.